The first-order valence-electron chi connectivity index (χ1n) is 10.2. The van der Waals surface area contributed by atoms with Gasteiger partial charge in [0.15, 0.2) is 11.5 Å². The monoisotopic (exact) mass is 409 g/mol. The summed E-state index contributed by atoms with van der Waals surface area (Å²) < 4.78 is 11.3. The Morgan fingerprint density at radius 1 is 1.17 bits per heavy atom. The number of hydrogen-bond acceptors (Lipinski definition) is 5. The van der Waals surface area contributed by atoms with Crippen LogP contribution in [0.25, 0.3) is 11.0 Å². The number of carbonyl (C=O) groups is 2. The van der Waals surface area contributed by atoms with E-state index in [1.165, 1.54) is 16.1 Å². The number of Topliss-reactive ketones (excluding diaryl/α,β-unsaturated/α-hetero) is 1. The third-order valence-corrected chi connectivity index (χ3v) is 5.72. The van der Waals surface area contributed by atoms with E-state index in [0.717, 1.165) is 18.5 Å². The van der Waals surface area contributed by atoms with E-state index in [2.05, 4.69) is 13.8 Å². The van der Waals surface area contributed by atoms with Crippen molar-refractivity contribution in [2.75, 3.05) is 26.2 Å². The molecule has 0 aliphatic carbocycles. The third kappa shape index (κ3) is 3.41. The molecule has 3 heterocycles. The van der Waals surface area contributed by atoms with Crippen molar-refractivity contribution in [1.82, 2.24) is 4.90 Å². The summed E-state index contributed by atoms with van der Waals surface area (Å²) in [5, 5.41) is 11.4. The van der Waals surface area contributed by atoms with Crippen molar-refractivity contribution in [3.63, 3.8) is 0 Å². The fraction of sp³-hybridized carbons (Fsp3) is 0.304. The number of ketones is 1. The van der Waals surface area contributed by atoms with Gasteiger partial charge in [0.2, 0.25) is 5.78 Å². The molecule has 0 saturated carbocycles. The average Bonchev–Trinajstić information content (AvgIpc) is 3.48. The number of amides is 1. The van der Waals surface area contributed by atoms with Crippen LogP contribution in [-0.4, -0.2) is 47.9 Å². The van der Waals surface area contributed by atoms with E-state index in [0.29, 0.717) is 24.4 Å². The number of likely N-dealkylation sites (N-methyl/N-ethyl adjacent to an activating group) is 1. The number of aliphatic hydroxyl groups is 1. The molecule has 1 aromatic carbocycles. The number of aliphatic hydroxyl groups excluding tert-OH is 1. The van der Waals surface area contributed by atoms with Gasteiger partial charge in [0.1, 0.15) is 17.4 Å². The molecule has 30 heavy (non-hydrogen) atoms. The number of carbonyl (C=O) groups excluding carboxylic acids is 2. The zero-order chi connectivity index (χ0) is 21.3. The lowest BCUT2D eigenvalue weighted by atomic mass is 9.99. The maximum absolute atomic E-state index is 13.3. The summed E-state index contributed by atoms with van der Waals surface area (Å²) in [6, 6.07) is 11.5. The van der Waals surface area contributed by atoms with Crippen molar-refractivity contribution in [3.05, 3.63) is 71.6 Å². The number of fused-ring (bicyclic) bond motifs is 1. The molecule has 0 bridgehead atoms. The lowest BCUT2D eigenvalue weighted by Gasteiger charge is -2.26. The molecule has 1 amide bonds. The predicted octanol–water partition coefficient (Wildman–Crippen LogP) is 2.53. The van der Waals surface area contributed by atoms with Crippen molar-refractivity contribution in [2.24, 2.45) is 0 Å². The Morgan fingerprint density at radius 3 is 2.60 bits per heavy atom. The smallest absolute Gasteiger partial charge is 0.290 e. The van der Waals surface area contributed by atoms with Gasteiger partial charge in [-0.25, -0.2) is 0 Å². The fourth-order valence-corrected chi connectivity index (χ4v) is 3.97. The molecule has 0 saturated heterocycles. The highest BCUT2D eigenvalue weighted by atomic mass is 16.3. The number of nitrogens with zero attached hydrogens (tertiary/aromatic N) is 1. The van der Waals surface area contributed by atoms with E-state index in [1.807, 2.05) is 18.2 Å². The van der Waals surface area contributed by atoms with Gasteiger partial charge in [0, 0.05) is 5.39 Å². The Hall–Kier alpha value is -3.32. The lowest BCUT2D eigenvalue weighted by Crippen LogP contribution is -3.12. The number of furan rings is 2. The van der Waals surface area contributed by atoms with Crippen LogP contribution in [0.15, 0.2) is 68.9 Å². The first-order chi connectivity index (χ1) is 14.5. The number of rotatable bonds is 8. The molecule has 4 rings (SSSR count). The molecule has 2 N–H and O–H groups in total. The maximum atomic E-state index is 13.3. The highest BCUT2D eigenvalue weighted by Gasteiger charge is 2.46. The van der Waals surface area contributed by atoms with Gasteiger partial charge < -0.3 is 23.7 Å². The largest absolute Gasteiger partial charge is 0.503 e. The normalized spacial score (nSPS) is 17.0. The van der Waals surface area contributed by atoms with E-state index in [9.17, 15) is 14.7 Å². The van der Waals surface area contributed by atoms with E-state index < -0.39 is 23.5 Å². The quantitative estimate of drug-likeness (QED) is 0.558. The van der Waals surface area contributed by atoms with Crippen LogP contribution < -0.4 is 4.90 Å². The Labute approximate surface area is 174 Å². The standard InChI is InChI=1S/C23H24N2O5/c1-3-24(4-2)11-12-25-20(17-10-7-13-29-17)19(22(27)23(25)28)21(26)18-14-15-8-5-6-9-16(15)30-18/h5-10,13-14,20,27H,3-4,11-12H2,1-2H3/p+1/t20-/m1/s1. The lowest BCUT2D eigenvalue weighted by molar-refractivity contribution is -0.895. The molecule has 1 aliphatic rings. The molecule has 0 unspecified atom stereocenters. The van der Waals surface area contributed by atoms with Gasteiger partial charge in [-0.05, 0) is 38.1 Å². The van der Waals surface area contributed by atoms with Crippen LogP contribution in [0.4, 0.5) is 0 Å². The van der Waals surface area contributed by atoms with E-state index in [4.69, 9.17) is 8.83 Å². The van der Waals surface area contributed by atoms with Crippen LogP contribution in [-0.2, 0) is 4.79 Å². The van der Waals surface area contributed by atoms with Gasteiger partial charge in [-0.15, -0.1) is 0 Å². The SMILES string of the molecule is CC[NH+](CC)CCN1C(=O)C(O)=C(C(=O)c2cc3ccccc3o2)[C@H]1c1ccco1. The topological polar surface area (TPSA) is 88.3 Å². The second-order valence-electron chi connectivity index (χ2n) is 7.36. The van der Waals surface area contributed by atoms with Crippen molar-refractivity contribution in [3.8, 4) is 0 Å². The van der Waals surface area contributed by atoms with Crippen molar-refractivity contribution in [2.45, 2.75) is 19.9 Å². The highest BCUT2D eigenvalue weighted by molar-refractivity contribution is 6.15. The molecular weight excluding hydrogens is 384 g/mol. The first kappa shape index (κ1) is 20.0. The van der Waals surface area contributed by atoms with Crippen LogP contribution in [0.3, 0.4) is 0 Å². The molecule has 0 fully saturated rings. The van der Waals surface area contributed by atoms with Gasteiger partial charge in [-0.2, -0.15) is 0 Å². The summed E-state index contributed by atoms with van der Waals surface area (Å²) in [5.74, 6) is -1.12. The minimum Gasteiger partial charge on any atom is -0.503 e. The second-order valence-corrected chi connectivity index (χ2v) is 7.36. The number of nitrogens with one attached hydrogen (secondary N) is 1. The summed E-state index contributed by atoms with van der Waals surface area (Å²) in [6.45, 7) is 7.11. The molecule has 3 aromatic rings. The Bertz CT molecular complexity index is 1060. The van der Waals surface area contributed by atoms with Crippen LogP contribution >= 0.6 is 0 Å². The molecule has 156 valence electrons. The zero-order valence-corrected chi connectivity index (χ0v) is 17.1. The maximum Gasteiger partial charge on any atom is 0.290 e. The second kappa shape index (κ2) is 8.20. The highest BCUT2D eigenvalue weighted by Crippen LogP contribution is 2.39. The van der Waals surface area contributed by atoms with Crippen LogP contribution in [0, 0.1) is 0 Å². The molecular formula is C23H25N2O5+. The fourth-order valence-electron chi connectivity index (χ4n) is 3.97. The molecule has 2 aromatic heterocycles. The van der Waals surface area contributed by atoms with Gasteiger partial charge in [-0.1, -0.05) is 18.2 Å². The zero-order valence-electron chi connectivity index (χ0n) is 17.1. The van der Waals surface area contributed by atoms with Crippen LogP contribution in [0.1, 0.15) is 36.2 Å². The van der Waals surface area contributed by atoms with Crippen molar-refractivity contribution >= 4 is 22.7 Å². The summed E-state index contributed by atoms with van der Waals surface area (Å²) >= 11 is 0. The van der Waals surface area contributed by atoms with E-state index >= 15 is 0 Å². The Kier molecular flexibility index (Phi) is 5.46. The van der Waals surface area contributed by atoms with Gasteiger partial charge in [-0.3, -0.25) is 9.59 Å². The molecule has 1 atom stereocenters. The number of quaternary nitrogens is 1. The Morgan fingerprint density at radius 2 is 1.93 bits per heavy atom. The molecule has 0 spiro atoms. The molecule has 0 radical (unpaired) electrons. The number of para-hydroxylation sites is 1. The van der Waals surface area contributed by atoms with Gasteiger partial charge >= 0.3 is 0 Å². The number of hydrogen-bond donors (Lipinski definition) is 2. The summed E-state index contributed by atoms with van der Waals surface area (Å²) in [6.07, 6.45) is 1.49. The minimum absolute atomic E-state index is 0.0106. The summed E-state index contributed by atoms with van der Waals surface area (Å²) in [7, 11) is 0. The van der Waals surface area contributed by atoms with Gasteiger partial charge in [0.25, 0.3) is 5.91 Å². The molecule has 1 aliphatic heterocycles. The summed E-state index contributed by atoms with van der Waals surface area (Å²) in [4.78, 5) is 29.1. The molecule has 7 heteroatoms. The average molecular weight is 409 g/mol. The van der Waals surface area contributed by atoms with E-state index in [1.54, 1.807) is 24.3 Å². The Balaban J connectivity index is 1.71. The molecule has 7 nitrogen and oxygen atoms in total. The van der Waals surface area contributed by atoms with Crippen molar-refractivity contribution in [1.29, 1.82) is 0 Å². The first-order valence-corrected chi connectivity index (χ1v) is 10.2. The van der Waals surface area contributed by atoms with Crippen LogP contribution in [0.5, 0.6) is 0 Å². The van der Waals surface area contributed by atoms with E-state index in [-0.39, 0.29) is 11.3 Å². The minimum atomic E-state index is -0.789. The third-order valence-electron chi connectivity index (χ3n) is 5.72. The summed E-state index contributed by atoms with van der Waals surface area (Å²) in [5.41, 5.74) is 0.561. The van der Waals surface area contributed by atoms with Gasteiger partial charge in [0.05, 0.1) is 38.0 Å². The predicted molar refractivity (Wildman–Crippen MR) is 110 cm³/mol. The van der Waals surface area contributed by atoms with Crippen molar-refractivity contribution < 1.29 is 28.4 Å². The van der Waals surface area contributed by atoms with Crippen LogP contribution in [0.2, 0.25) is 0 Å². The number of benzene rings is 1.